The normalized spacial score (nSPS) is 26.3. The zero-order chi connectivity index (χ0) is 29.8. The van der Waals surface area contributed by atoms with E-state index in [-0.39, 0.29) is 33.8 Å². The molecule has 41 heavy (non-hydrogen) atoms. The fourth-order valence-corrected chi connectivity index (χ4v) is 14.8. The summed E-state index contributed by atoms with van der Waals surface area (Å²) in [5, 5.41) is 2.79. The smallest absolute Gasteiger partial charge is 0.323 e. The number of amides is 1. The van der Waals surface area contributed by atoms with Crippen LogP contribution in [0.5, 0.6) is 0 Å². The number of hydrogen-bond donors (Lipinski definition) is 1. The number of rotatable bonds is 5. The molecule has 2 fully saturated rings. The molecule has 0 bridgehead atoms. The number of nitrogens with zero attached hydrogens (tertiary/aromatic N) is 4. The minimum Gasteiger partial charge on any atom is -0.415 e. The molecule has 2 aromatic heterocycles. The van der Waals surface area contributed by atoms with Gasteiger partial charge >= 0.3 is 17.1 Å². The Morgan fingerprint density at radius 2 is 1.80 bits per heavy atom. The zero-order valence-electron chi connectivity index (χ0n) is 25.3. The van der Waals surface area contributed by atoms with E-state index in [9.17, 15) is 4.79 Å². The molecule has 0 radical (unpaired) electrons. The molecule has 1 amide bonds. The summed E-state index contributed by atoms with van der Waals surface area (Å²) in [4.78, 5) is 26.6. The van der Waals surface area contributed by atoms with Crippen molar-refractivity contribution in [2.24, 2.45) is 0 Å². The number of imidazole rings is 1. The monoisotopic (exact) mass is 631 g/mol. The quantitative estimate of drug-likeness (QED) is 0.343. The van der Waals surface area contributed by atoms with Gasteiger partial charge in [-0.1, -0.05) is 39.0 Å². The largest absolute Gasteiger partial charge is 0.415 e. The molecule has 222 valence electrons. The summed E-state index contributed by atoms with van der Waals surface area (Å²) in [5.41, 5.74) is 1.69. The van der Waals surface area contributed by atoms with Gasteiger partial charge in [0.2, 0.25) is 0 Å². The van der Waals surface area contributed by atoms with Crippen molar-refractivity contribution in [3.8, 4) is 0 Å². The van der Waals surface area contributed by atoms with E-state index in [1.807, 2.05) is 22.8 Å². The highest BCUT2D eigenvalue weighted by Gasteiger charge is 2.55. The predicted octanol–water partition coefficient (Wildman–Crippen LogP) is 5.92. The first kappa shape index (κ1) is 30.5. The number of benzene rings is 1. The topological polar surface area (TPSA) is 110 Å². The molecule has 0 spiro atoms. The molecule has 2 saturated heterocycles. The number of carbonyl (C=O) groups excluding carboxylic acids is 1. The molecule has 10 nitrogen and oxygen atoms in total. The first-order chi connectivity index (χ1) is 19.1. The summed E-state index contributed by atoms with van der Waals surface area (Å²) in [7, 11) is -7.08. The molecule has 14 heteroatoms. The molecule has 5 rings (SSSR count). The highest BCUT2D eigenvalue weighted by atomic mass is 32.2. The highest BCUT2D eigenvalue weighted by molar-refractivity contribution is 8.00. The van der Waals surface area contributed by atoms with Crippen LogP contribution in [0.25, 0.3) is 11.2 Å². The van der Waals surface area contributed by atoms with Gasteiger partial charge < -0.3 is 22.7 Å². The Kier molecular flexibility index (Phi) is 8.17. The van der Waals surface area contributed by atoms with Crippen molar-refractivity contribution >= 4 is 60.1 Å². The zero-order valence-corrected chi connectivity index (χ0v) is 29.1. The first-order valence-corrected chi connectivity index (χ1v) is 23.4. The van der Waals surface area contributed by atoms with Gasteiger partial charge in [-0.2, -0.15) is 0 Å². The van der Waals surface area contributed by atoms with Crippen molar-refractivity contribution in [3.63, 3.8) is 0 Å². The standard InChI is InChI=1S/C27H41N5O5SSi3/c1-27(2,3)39(4,5)35-22-21-19(15-34-40(6,7)37-41(8,9)36-21)38-26(22)32-17-30-20-23(28-16-29-24(20)32)31-25(33)18-13-11-10-12-14-18/h10-14,16-17,19,21-22,26H,15H2,1-9H3,(H,28,29,31,33)/t19-,21-,22-,26-/m1/s1. The van der Waals surface area contributed by atoms with E-state index in [0.717, 1.165) is 0 Å². The van der Waals surface area contributed by atoms with Crippen molar-refractivity contribution in [1.82, 2.24) is 19.5 Å². The van der Waals surface area contributed by atoms with Gasteiger partial charge in [-0.25, -0.2) is 15.0 Å². The second kappa shape index (κ2) is 11.0. The SMILES string of the molecule is CC(C)(C)[Si](C)(C)O[C@@H]1[C@@H]2O[Si](C)(C)O[Si](C)(C)OC[C@H]2S[C@H]1n1cnc2c(NC(=O)c3ccccc3)ncnc21. The number of fused-ring (bicyclic) bond motifs is 2. The second-order valence-corrected chi connectivity index (χ2v) is 26.1. The Morgan fingerprint density at radius 3 is 2.49 bits per heavy atom. The van der Waals surface area contributed by atoms with Gasteiger partial charge in [0, 0.05) is 5.56 Å². The van der Waals surface area contributed by atoms with Crippen molar-refractivity contribution in [2.45, 2.75) is 87.9 Å². The number of nitrogens with one attached hydrogen (secondary N) is 1. The Hall–Kier alpha value is -1.92. The minimum absolute atomic E-state index is 0.00480. The average Bonchev–Trinajstić information content (AvgIpc) is 3.43. The van der Waals surface area contributed by atoms with Crippen LogP contribution in [-0.2, 0) is 17.4 Å². The summed E-state index contributed by atoms with van der Waals surface area (Å²) in [6.45, 7) is 20.1. The average molecular weight is 632 g/mol. The Labute approximate surface area is 249 Å². The number of aromatic nitrogens is 4. The van der Waals surface area contributed by atoms with E-state index in [1.165, 1.54) is 6.33 Å². The Balaban J connectivity index is 1.53. The third-order valence-electron chi connectivity index (χ3n) is 7.93. The molecular formula is C27H41N5O5SSi3. The molecule has 4 heterocycles. The van der Waals surface area contributed by atoms with E-state index < -0.39 is 25.4 Å². The van der Waals surface area contributed by atoms with E-state index in [0.29, 0.717) is 29.2 Å². The van der Waals surface area contributed by atoms with Crippen LogP contribution in [0.3, 0.4) is 0 Å². The number of hydrogen-bond acceptors (Lipinski definition) is 9. The van der Waals surface area contributed by atoms with E-state index >= 15 is 0 Å². The fourth-order valence-electron chi connectivity index (χ4n) is 5.01. The molecule has 2 aliphatic heterocycles. The third kappa shape index (κ3) is 6.39. The molecular weight excluding hydrogens is 591 g/mol. The van der Waals surface area contributed by atoms with Crippen LogP contribution in [0.15, 0.2) is 43.0 Å². The summed E-state index contributed by atoms with van der Waals surface area (Å²) < 4.78 is 29.0. The van der Waals surface area contributed by atoms with Crippen molar-refractivity contribution in [3.05, 3.63) is 48.5 Å². The van der Waals surface area contributed by atoms with E-state index in [1.54, 1.807) is 30.2 Å². The molecule has 1 N–H and O–H groups in total. The lowest BCUT2D eigenvalue weighted by atomic mass is 10.1. The molecule has 0 saturated carbocycles. The molecule has 0 unspecified atom stereocenters. The molecule has 4 atom stereocenters. The van der Waals surface area contributed by atoms with Crippen molar-refractivity contribution in [1.29, 1.82) is 0 Å². The summed E-state index contributed by atoms with van der Waals surface area (Å²) >= 11 is 1.78. The van der Waals surface area contributed by atoms with Gasteiger partial charge in [-0.05, 0) is 56.5 Å². The molecule has 1 aromatic carbocycles. The Bertz CT molecular complexity index is 1420. The predicted molar refractivity (Wildman–Crippen MR) is 169 cm³/mol. The maximum Gasteiger partial charge on any atom is 0.323 e. The fraction of sp³-hybridized carbons (Fsp3) is 0.556. The molecule has 3 aromatic rings. The summed E-state index contributed by atoms with van der Waals surface area (Å²) in [6.07, 6.45) is 2.74. The van der Waals surface area contributed by atoms with Crippen LogP contribution in [0.2, 0.25) is 44.3 Å². The maximum absolute atomic E-state index is 12.9. The lowest BCUT2D eigenvalue weighted by Gasteiger charge is -2.44. The summed E-state index contributed by atoms with van der Waals surface area (Å²) in [6, 6.07) is 9.05. The van der Waals surface area contributed by atoms with Crippen molar-refractivity contribution < 1.29 is 22.2 Å². The second-order valence-electron chi connectivity index (χ2n) is 13.1. The van der Waals surface area contributed by atoms with Gasteiger partial charge in [0.05, 0.1) is 24.3 Å². The van der Waals surface area contributed by atoms with Crippen LogP contribution in [0.1, 0.15) is 36.5 Å². The van der Waals surface area contributed by atoms with E-state index in [4.69, 9.17) is 17.4 Å². The number of thioether (sulfide) groups is 1. The van der Waals surface area contributed by atoms with Gasteiger partial charge in [0.25, 0.3) is 5.91 Å². The van der Waals surface area contributed by atoms with Crippen LogP contribution in [-0.4, -0.2) is 74.9 Å². The van der Waals surface area contributed by atoms with Gasteiger partial charge in [-0.3, -0.25) is 9.36 Å². The molecule has 0 aliphatic carbocycles. The lowest BCUT2D eigenvalue weighted by Crippen LogP contribution is -2.58. The summed E-state index contributed by atoms with van der Waals surface area (Å²) in [5.74, 6) is 0.116. The number of carbonyl (C=O) groups is 1. The van der Waals surface area contributed by atoms with Gasteiger partial charge in [0.15, 0.2) is 25.3 Å². The minimum atomic E-state index is -2.52. The maximum atomic E-state index is 12.9. The van der Waals surface area contributed by atoms with Crippen molar-refractivity contribution in [2.75, 3.05) is 11.9 Å². The third-order valence-corrected chi connectivity index (χ3v) is 19.6. The van der Waals surface area contributed by atoms with Crippen LogP contribution in [0.4, 0.5) is 5.82 Å². The first-order valence-electron chi connectivity index (χ1n) is 14.0. The number of anilines is 1. The van der Waals surface area contributed by atoms with Crippen LogP contribution in [0, 0.1) is 0 Å². The lowest BCUT2D eigenvalue weighted by molar-refractivity contribution is 0.00746. The molecule has 2 aliphatic rings. The van der Waals surface area contributed by atoms with Crippen LogP contribution >= 0.6 is 11.8 Å². The van der Waals surface area contributed by atoms with Gasteiger partial charge in [0.1, 0.15) is 17.8 Å². The van der Waals surface area contributed by atoms with Crippen LogP contribution < -0.4 is 5.32 Å². The Morgan fingerprint density at radius 1 is 1.10 bits per heavy atom. The van der Waals surface area contributed by atoms with Gasteiger partial charge in [-0.15, -0.1) is 11.8 Å². The van der Waals surface area contributed by atoms with E-state index in [2.05, 4.69) is 80.3 Å². The highest BCUT2D eigenvalue weighted by Crippen LogP contribution is 2.50.